The minimum Gasteiger partial charge on any atom is -0.496 e. The van der Waals surface area contributed by atoms with E-state index in [4.69, 9.17) is 10.5 Å². The second-order valence-electron chi connectivity index (χ2n) is 4.71. The van der Waals surface area contributed by atoms with Gasteiger partial charge in [0.2, 0.25) is 0 Å². The molecule has 0 aromatic carbocycles. The largest absolute Gasteiger partial charge is 0.496 e. The Morgan fingerprint density at radius 2 is 2.26 bits per heavy atom. The van der Waals surface area contributed by atoms with Crippen LogP contribution in [0.25, 0.3) is 0 Å². The molecule has 1 aliphatic carbocycles. The highest BCUT2D eigenvalue weighted by Gasteiger charge is 2.26. The van der Waals surface area contributed by atoms with E-state index in [1.54, 1.807) is 13.2 Å². The first-order valence-electron chi connectivity index (χ1n) is 6.38. The van der Waals surface area contributed by atoms with E-state index in [0.29, 0.717) is 17.3 Å². The zero-order chi connectivity index (χ0) is 13.0. The minimum absolute atomic E-state index is 0. The monoisotopic (exact) mass is 304 g/mol. The molecule has 4 nitrogen and oxygen atoms in total. The number of halogens is 1. The van der Waals surface area contributed by atoms with Crippen molar-refractivity contribution in [3.05, 3.63) is 16.3 Å². The smallest absolute Gasteiger partial charge is 0.261 e. The van der Waals surface area contributed by atoms with Crippen molar-refractivity contribution in [1.82, 2.24) is 5.32 Å². The normalized spacial score (nSPS) is 22.4. The summed E-state index contributed by atoms with van der Waals surface area (Å²) in [6.07, 6.45) is 4.56. The van der Waals surface area contributed by atoms with E-state index in [9.17, 15) is 4.79 Å². The van der Waals surface area contributed by atoms with Crippen molar-refractivity contribution in [3.63, 3.8) is 0 Å². The summed E-state index contributed by atoms with van der Waals surface area (Å²) in [5.74, 6) is 1.15. The summed E-state index contributed by atoms with van der Waals surface area (Å²) in [6, 6.07) is 2.00. The maximum absolute atomic E-state index is 12.1. The molecular weight excluding hydrogens is 284 g/mol. The lowest BCUT2D eigenvalue weighted by molar-refractivity contribution is 0.0912. The van der Waals surface area contributed by atoms with Gasteiger partial charge in [-0.3, -0.25) is 4.79 Å². The Morgan fingerprint density at radius 1 is 1.53 bits per heavy atom. The number of hydrogen-bond acceptors (Lipinski definition) is 4. The van der Waals surface area contributed by atoms with Crippen LogP contribution in [0.15, 0.2) is 11.4 Å². The average Bonchev–Trinajstić information content (AvgIpc) is 2.88. The van der Waals surface area contributed by atoms with Crippen molar-refractivity contribution in [1.29, 1.82) is 0 Å². The third kappa shape index (κ3) is 4.09. The van der Waals surface area contributed by atoms with Gasteiger partial charge < -0.3 is 15.8 Å². The number of thiophene rings is 1. The first-order chi connectivity index (χ1) is 8.74. The van der Waals surface area contributed by atoms with Gasteiger partial charge in [-0.05, 0) is 25.3 Å². The Hall–Kier alpha value is -0.780. The van der Waals surface area contributed by atoms with Gasteiger partial charge in [-0.15, -0.1) is 23.7 Å². The van der Waals surface area contributed by atoms with E-state index in [2.05, 4.69) is 5.32 Å². The predicted molar refractivity (Wildman–Crippen MR) is 80.4 cm³/mol. The summed E-state index contributed by atoms with van der Waals surface area (Å²) in [4.78, 5) is 12.8. The second-order valence-corrected chi connectivity index (χ2v) is 5.62. The van der Waals surface area contributed by atoms with Crippen molar-refractivity contribution in [2.24, 2.45) is 11.7 Å². The summed E-state index contributed by atoms with van der Waals surface area (Å²) in [5.41, 5.74) is 5.76. The fraction of sp³-hybridized carbons (Fsp3) is 0.615. The van der Waals surface area contributed by atoms with Gasteiger partial charge in [0.15, 0.2) is 0 Å². The quantitative estimate of drug-likeness (QED) is 0.898. The van der Waals surface area contributed by atoms with Crippen LogP contribution in [0.5, 0.6) is 5.75 Å². The molecule has 1 heterocycles. The molecule has 0 bridgehead atoms. The SMILES string of the molecule is COc1csc(C(=O)NC2CCCCC2CN)c1.Cl. The molecule has 0 aliphatic heterocycles. The van der Waals surface area contributed by atoms with E-state index < -0.39 is 0 Å². The number of nitrogens with one attached hydrogen (secondary N) is 1. The van der Waals surface area contributed by atoms with Crippen LogP contribution in [0.1, 0.15) is 35.4 Å². The average molecular weight is 305 g/mol. The molecule has 1 aromatic heterocycles. The molecule has 0 spiro atoms. The van der Waals surface area contributed by atoms with E-state index in [1.807, 2.05) is 5.38 Å². The number of carbonyl (C=O) groups is 1. The topological polar surface area (TPSA) is 64.3 Å². The molecule has 2 unspecified atom stereocenters. The van der Waals surface area contributed by atoms with Gasteiger partial charge in [0.1, 0.15) is 5.75 Å². The van der Waals surface area contributed by atoms with Crippen LogP contribution in [0.4, 0.5) is 0 Å². The van der Waals surface area contributed by atoms with Crippen LogP contribution < -0.4 is 15.8 Å². The Bertz CT molecular complexity index is 411. The van der Waals surface area contributed by atoms with Crippen molar-refractivity contribution in [2.45, 2.75) is 31.7 Å². The maximum atomic E-state index is 12.1. The molecule has 1 fully saturated rings. The zero-order valence-electron chi connectivity index (χ0n) is 11.1. The number of ether oxygens (including phenoxy) is 1. The number of rotatable bonds is 4. The summed E-state index contributed by atoms with van der Waals surface area (Å²) >= 11 is 1.41. The van der Waals surface area contributed by atoms with Crippen LogP contribution in [0, 0.1) is 5.92 Å². The van der Waals surface area contributed by atoms with E-state index >= 15 is 0 Å². The summed E-state index contributed by atoms with van der Waals surface area (Å²) in [7, 11) is 1.61. The third-order valence-electron chi connectivity index (χ3n) is 3.56. The summed E-state index contributed by atoms with van der Waals surface area (Å²) in [5, 5.41) is 4.95. The van der Waals surface area contributed by atoms with Gasteiger partial charge in [0.25, 0.3) is 5.91 Å². The molecule has 2 atom stereocenters. The fourth-order valence-electron chi connectivity index (χ4n) is 2.46. The Morgan fingerprint density at radius 3 is 2.89 bits per heavy atom. The molecule has 1 aromatic rings. The molecule has 0 saturated heterocycles. The fourth-order valence-corrected chi connectivity index (χ4v) is 3.22. The molecular formula is C13H21ClN2O2S. The Kier molecular flexibility index (Phi) is 6.62. The van der Waals surface area contributed by atoms with Gasteiger partial charge in [-0.1, -0.05) is 12.8 Å². The lowest BCUT2D eigenvalue weighted by Crippen LogP contribution is -2.44. The highest BCUT2D eigenvalue weighted by atomic mass is 35.5. The van der Waals surface area contributed by atoms with Crippen LogP contribution >= 0.6 is 23.7 Å². The molecule has 108 valence electrons. The Labute approximate surface area is 124 Å². The highest BCUT2D eigenvalue weighted by molar-refractivity contribution is 7.12. The maximum Gasteiger partial charge on any atom is 0.261 e. The van der Waals surface area contributed by atoms with Gasteiger partial charge >= 0.3 is 0 Å². The van der Waals surface area contributed by atoms with Crippen LogP contribution in [0.2, 0.25) is 0 Å². The van der Waals surface area contributed by atoms with Gasteiger partial charge in [0.05, 0.1) is 12.0 Å². The van der Waals surface area contributed by atoms with Crippen molar-refractivity contribution >= 4 is 29.7 Å². The molecule has 3 N–H and O–H groups in total. The minimum atomic E-state index is -0.00588. The third-order valence-corrected chi connectivity index (χ3v) is 4.47. The number of methoxy groups -OCH3 is 1. The van der Waals surface area contributed by atoms with E-state index in [-0.39, 0.29) is 24.4 Å². The lowest BCUT2D eigenvalue weighted by Gasteiger charge is -2.31. The van der Waals surface area contributed by atoms with Crippen LogP contribution in [0.3, 0.4) is 0 Å². The molecule has 1 aliphatic rings. The molecule has 1 amide bonds. The molecule has 19 heavy (non-hydrogen) atoms. The number of nitrogens with two attached hydrogens (primary N) is 1. The van der Waals surface area contributed by atoms with Crippen LogP contribution in [-0.4, -0.2) is 25.6 Å². The Balaban J connectivity index is 0.00000180. The van der Waals surface area contributed by atoms with Crippen molar-refractivity contribution < 1.29 is 9.53 Å². The number of hydrogen-bond donors (Lipinski definition) is 2. The van der Waals surface area contributed by atoms with E-state index in [0.717, 1.165) is 18.6 Å². The molecule has 0 radical (unpaired) electrons. The molecule has 2 rings (SSSR count). The van der Waals surface area contributed by atoms with Gasteiger partial charge in [-0.2, -0.15) is 0 Å². The van der Waals surface area contributed by atoms with Crippen LogP contribution in [-0.2, 0) is 0 Å². The number of carbonyl (C=O) groups excluding carboxylic acids is 1. The lowest BCUT2D eigenvalue weighted by atomic mass is 9.84. The van der Waals surface area contributed by atoms with Crippen molar-refractivity contribution in [2.75, 3.05) is 13.7 Å². The first-order valence-corrected chi connectivity index (χ1v) is 7.26. The van der Waals surface area contributed by atoms with Crippen molar-refractivity contribution in [3.8, 4) is 5.75 Å². The summed E-state index contributed by atoms with van der Waals surface area (Å²) < 4.78 is 5.09. The van der Waals surface area contributed by atoms with Gasteiger partial charge in [0, 0.05) is 17.5 Å². The highest BCUT2D eigenvalue weighted by Crippen LogP contribution is 2.25. The van der Waals surface area contributed by atoms with Gasteiger partial charge in [-0.25, -0.2) is 0 Å². The zero-order valence-corrected chi connectivity index (χ0v) is 12.7. The predicted octanol–water partition coefficient (Wildman–Crippen LogP) is 2.43. The standard InChI is InChI=1S/C13H20N2O2S.ClH/c1-17-10-6-12(18-8-10)13(16)15-11-5-3-2-4-9(11)7-14;/h6,8-9,11H,2-5,7,14H2,1H3,(H,15,16);1H. The molecule has 6 heteroatoms. The number of amides is 1. The molecule has 1 saturated carbocycles. The first kappa shape index (κ1) is 16.3. The second kappa shape index (κ2) is 7.72. The summed E-state index contributed by atoms with van der Waals surface area (Å²) in [6.45, 7) is 0.651. The van der Waals surface area contributed by atoms with E-state index in [1.165, 1.54) is 24.2 Å².